The van der Waals surface area contributed by atoms with Gasteiger partial charge in [0.15, 0.2) is 0 Å². The van der Waals surface area contributed by atoms with Crippen molar-refractivity contribution in [2.24, 2.45) is 0 Å². The van der Waals surface area contributed by atoms with E-state index in [9.17, 15) is 9.59 Å². The molecule has 4 N–H and O–H groups in total. The zero-order valence-electron chi connectivity index (χ0n) is 11.1. The third-order valence-corrected chi connectivity index (χ3v) is 3.05. The number of ether oxygens (including phenoxy) is 1. The molecule has 0 spiro atoms. The monoisotopic (exact) mass is 300 g/mol. The smallest absolute Gasteiger partial charge is 0.326 e. The van der Waals surface area contributed by atoms with Gasteiger partial charge in [-0.2, -0.15) is 0 Å². The zero-order valence-corrected chi connectivity index (χ0v) is 11.8. The molecule has 0 heterocycles. The Balaban J connectivity index is 2.69. The summed E-state index contributed by atoms with van der Waals surface area (Å²) in [6.45, 7) is 0.438. The van der Waals surface area contributed by atoms with Gasteiger partial charge >= 0.3 is 5.97 Å². The van der Waals surface area contributed by atoms with Crippen LogP contribution < -0.4 is 11.1 Å². The van der Waals surface area contributed by atoms with E-state index in [0.717, 1.165) is 0 Å². The molecule has 0 saturated carbocycles. The number of carbonyl (C=O) groups is 2. The number of carboxylic acid groups (broad SMARTS) is 1. The molecule has 110 valence electrons. The lowest BCUT2D eigenvalue weighted by molar-refractivity contribution is -0.139. The van der Waals surface area contributed by atoms with E-state index in [1.165, 1.54) is 25.3 Å². The molecule has 0 aliphatic heterocycles. The fraction of sp³-hybridized carbons (Fsp3) is 0.385. The van der Waals surface area contributed by atoms with Crippen molar-refractivity contribution in [2.45, 2.75) is 18.9 Å². The number of rotatable bonds is 7. The third kappa shape index (κ3) is 4.71. The number of benzene rings is 1. The second-order valence-corrected chi connectivity index (χ2v) is 4.64. The maximum atomic E-state index is 12.0. The normalized spacial score (nSPS) is 11.9. The molecular formula is C13H17ClN2O4. The third-order valence-electron chi connectivity index (χ3n) is 2.70. The summed E-state index contributed by atoms with van der Waals surface area (Å²) in [7, 11) is 1.53. The number of aliphatic carboxylic acids is 1. The minimum absolute atomic E-state index is 0.268. The number of carboxylic acids is 1. The number of nitrogens with two attached hydrogens (primary N) is 1. The van der Waals surface area contributed by atoms with Gasteiger partial charge in [-0.15, -0.1) is 0 Å². The summed E-state index contributed by atoms with van der Waals surface area (Å²) in [5.74, 6) is -1.59. The van der Waals surface area contributed by atoms with Crippen molar-refractivity contribution in [1.29, 1.82) is 0 Å². The maximum absolute atomic E-state index is 12.0. The molecule has 0 saturated heterocycles. The molecule has 0 aromatic heterocycles. The number of nitrogens with one attached hydrogen (secondary N) is 1. The Kier molecular flexibility index (Phi) is 6.27. The van der Waals surface area contributed by atoms with Gasteiger partial charge in [-0.05, 0) is 31.0 Å². The minimum Gasteiger partial charge on any atom is -0.480 e. The van der Waals surface area contributed by atoms with E-state index in [4.69, 9.17) is 27.2 Å². The van der Waals surface area contributed by atoms with Crippen LogP contribution in [0.2, 0.25) is 5.02 Å². The number of hydrogen-bond donors (Lipinski definition) is 3. The molecule has 1 aromatic rings. The van der Waals surface area contributed by atoms with Crippen LogP contribution in [-0.4, -0.2) is 36.7 Å². The Morgan fingerprint density at radius 3 is 2.75 bits per heavy atom. The van der Waals surface area contributed by atoms with Crippen LogP contribution in [0.3, 0.4) is 0 Å². The fourth-order valence-corrected chi connectivity index (χ4v) is 1.73. The predicted octanol–water partition coefficient (Wildman–Crippen LogP) is 1.53. The van der Waals surface area contributed by atoms with Crippen LogP contribution in [0.4, 0.5) is 5.69 Å². The Labute approximate surface area is 121 Å². The Hall–Kier alpha value is -1.79. The molecule has 7 heteroatoms. The first-order valence-electron chi connectivity index (χ1n) is 6.03. The SMILES string of the molecule is COCCCC(NC(=O)c1ccc(Cl)c(N)c1)C(=O)O. The van der Waals surface area contributed by atoms with E-state index in [1.54, 1.807) is 0 Å². The van der Waals surface area contributed by atoms with E-state index < -0.39 is 17.9 Å². The van der Waals surface area contributed by atoms with E-state index in [1.807, 2.05) is 0 Å². The van der Waals surface area contributed by atoms with Gasteiger partial charge in [0.2, 0.25) is 0 Å². The van der Waals surface area contributed by atoms with Gasteiger partial charge in [-0.3, -0.25) is 4.79 Å². The molecule has 0 aliphatic rings. The van der Waals surface area contributed by atoms with Gasteiger partial charge in [-0.1, -0.05) is 11.6 Å². The lowest BCUT2D eigenvalue weighted by Crippen LogP contribution is -2.40. The van der Waals surface area contributed by atoms with Gasteiger partial charge < -0.3 is 20.9 Å². The first-order valence-corrected chi connectivity index (χ1v) is 6.41. The lowest BCUT2D eigenvalue weighted by atomic mass is 10.1. The number of nitrogen functional groups attached to an aromatic ring is 1. The Morgan fingerprint density at radius 1 is 1.50 bits per heavy atom. The van der Waals surface area contributed by atoms with Crippen molar-refractivity contribution in [2.75, 3.05) is 19.5 Å². The topological polar surface area (TPSA) is 102 Å². The molecule has 1 rings (SSSR count). The number of carbonyl (C=O) groups excluding carboxylic acids is 1. The fourth-order valence-electron chi connectivity index (χ4n) is 1.62. The standard InChI is InChI=1S/C13H17ClN2O4/c1-20-6-2-3-11(13(18)19)16-12(17)8-4-5-9(14)10(15)7-8/h4-5,7,11H,2-3,6,15H2,1H3,(H,16,17)(H,18,19). The van der Waals surface area contributed by atoms with Crippen molar-refractivity contribution < 1.29 is 19.4 Å². The summed E-state index contributed by atoms with van der Waals surface area (Å²) >= 11 is 5.76. The Bertz CT molecular complexity index is 493. The van der Waals surface area contributed by atoms with E-state index in [0.29, 0.717) is 18.1 Å². The molecule has 0 bridgehead atoms. The number of amides is 1. The van der Waals surface area contributed by atoms with Crippen molar-refractivity contribution in [3.05, 3.63) is 28.8 Å². The number of hydrogen-bond acceptors (Lipinski definition) is 4. The highest BCUT2D eigenvalue weighted by molar-refractivity contribution is 6.33. The quantitative estimate of drug-likeness (QED) is 0.523. The molecule has 0 aliphatic carbocycles. The second-order valence-electron chi connectivity index (χ2n) is 4.24. The molecule has 0 fully saturated rings. The van der Waals surface area contributed by atoms with E-state index >= 15 is 0 Å². The molecule has 1 unspecified atom stereocenters. The largest absolute Gasteiger partial charge is 0.480 e. The van der Waals surface area contributed by atoms with Crippen LogP contribution >= 0.6 is 11.6 Å². The summed E-state index contributed by atoms with van der Waals surface area (Å²) in [5, 5.41) is 11.9. The highest BCUT2D eigenvalue weighted by atomic mass is 35.5. The van der Waals surface area contributed by atoms with Crippen LogP contribution in [0.5, 0.6) is 0 Å². The van der Waals surface area contributed by atoms with Crippen molar-refractivity contribution in [1.82, 2.24) is 5.32 Å². The van der Waals surface area contributed by atoms with E-state index in [2.05, 4.69) is 5.32 Å². The van der Waals surface area contributed by atoms with Crippen molar-refractivity contribution >= 4 is 29.2 Å². The first-order chi connectivity index (χ1) is 9.45. The molecule has 6 nitrogen and oxygen atoms in total. The highest BCUT2D eigenvalue weighted by Crippen LogP contribution is 2.19. The summed E-state index contributed by atoms with van der Waals surface area (Å²) in [6, 6.07) is 3.43. The average Bonchev–Trinajstić information content (AvgIpc) is 2.40. The minimum atomic E-state index is -1.09. The van der Waals surface area contributed by atoms with Gasteiger partial charge in [0.1, 0.15) is 6.04 Å². The van der Waals surface area contributed by atoms with Gasteiger partial charge in [-0.25, -0.2) is 4.79 Å². The second kappa shape index (κ2) is 7.72. The number of anilines is 1. The van der Waals surface area contributed by atoms with Crippen LogP contribution in [0.1, 0.15) is 23.2 Å². The van der Waals surface area contributed by atoms with Crippen LogP contribution in [-0.2, 0) is 9.53 Å². The molecule has 0 radical (unpaired) electrons. The molecular weight excluding hydrogens is 284 g/mol. The van der Waals surface area contributed by atoms with Crippen LogP contribution in [0.15, 0.2) is 18.2 Å². The van der Waals surface area contributed by atoms with E-state index in [-0.39, 0.29) is 17.7 Å². The summed E-state index contributed by atoms with van der Waals surface area (Å²) < 4.78 is 4.85. The van der Waals surface area contributed by atoms with Gasteiger partial charge in [0, 0.05) is 19.3 Å². The highest BCUT2D eigenvalue weighted by Gasteiger charge is 2.20. The first kappa shape index (κ1) is 16.3. The summed E-state index contributed by atoms with van der Waals surface area (Å²) in [6.07, 6.45) is 0.828. The number of halogens is 1. The summed E-state index contributed by atoms with van der Waals surface area (Å²) in [5.41, 5.74) is 6.14. The summed E-state index contributed by atoms with van der Waals surface area (Å²) in [4.78, 5) is 23.0. The zero-order chi connectivity index (χ0) is 15.1. The van der Waals surface area contributed by atoms with Gasteiger partial charge in [0.25, 0.3) is 5.91 Å². The number of methoxy groups -OCH3 is 1. The lowest BCUT2D eigenvalue weighted by Gasteiger charge is -2.14. The Morgan fingerprint density at radius 2 is 2.20 bits per heavy atom. The molecule has 1 atom stereocenters. The van der Waals surface area contributed by atoms with Crippen LogP contribution in [0, 0.1) is 0 Å². The molecule has 1 aromatic carbocycles. The molecule has 1 amide bonds. The maximum Gasteiger partial charge on any atom is 0.326 e. The van der Waals surface area contributed by atoms with Crippen molar-refractivity contribution in [3.8, 4) is 0 Å². The predicted molar refractivity (Wildman–Crippen MR) is 75.9 cm³/mol. The van der Waals surface area contributed by atoms with Gasteiger partial charge in [0.05, 0.1) is 10.7 Å². The average molecular weight is 301 g/mol. The van der Waals surface area contributed by atoms with Crippen molar-refractivity contribution in [3.63, 3.8) is 0 Å². The molecule has 20 heavy (non-hydrogen) atoms. The van der Waals surface area contributed by atoms with Crippen LogP contribution in [0.25, 0.3) is 0 Å².